The molecule has 3 aromatic carbocycles. The molecule has 0 aromatic heterocycles. The van der Waals surface area contributed by atoms with Crippen molar-refractivity contribution >= 4 is 40.7 Å². The second-order valence-electron chi connectivity index (χ2n) is 8.86. The molecule has 0 saturated carbocycles. The lowest BCUT2D eigenvalue weighted by molar-refractivity contribution is -0.155. The molecule has 0 spiro atoms. The molecule has 6 nitrogen and oxygen atoms in total. The summed E-state index contributed by atoms with van der Waals surface area (Å²) in [5, 5.41) is 14.0. The molecule has 0 radical (unpaired) electrons. The van der Waals surface area contributed by atoms with Gasteiger partial charge in [0.1, 0.15) is 18.0 Å². The number of aliphatic hydroxyl groups is 1. The molecule has 37 heavy (non-hydrogen) atoms. The highest BCUT2D eigenvalue weighted by Crippen LogP contribution is 2.35. The number of ketones is 1. The Kier molecular flexibility index (Phi) is 9.27. The van der Waals surface area contributed by atoms with Crippen LogP contribution in [0.1, 0.15) is 43.1 Å². The van der Waals surface area contributed by atoms with E-state index >= 15 is 0 Å². The number of nitrogens with one attached hydrogen (secondary N) is 1. The largest absolute Gasteiger partial charge is 0.494 e. The van der Waals surface area contributed by atoms with Gasteiger partial charge in [0.2, 0.25) is 5.91 Å². The van der Waals surface area contributed by atoms with E-state index in [2.05, 4.69) is 5.32 Å². The van der Waals surface area contributed by atoms with E-state index in [9.17, 15) is 14.7 Å². The summed E-state index contributed by atoms with van der Waals surface area (Å²) in [6, 6.07) is 21.0. The third-order valence-electron chi connectivity index (χ3n) is 6.07. The first-order valence-corrected chi connectivity index (χ1v) is 13.6. The normalized spacial score (nSPS) is 19.5. The number of thioether (sulfide) groups is 1. The number of hydrogen-bond donors (Lipinski definition) is 2. The van der Waals surface area contributed by atoms with Crippen LogP contribution >= 0.6 is 23.4 Å². The van der Waals surface area contributed by atoms with E-state index in [1.165, 1.54) is 18.7 Å². The number of carbonyl (C=O) groups excluding carboxylic acids is 2. The van der Waals surface area contributed by atoms with Gasteiger partial charge in [-0.15, -0.1) is 11.8 Å². The number of anilines is 1. The fourth-order valence-electron chi connectivity index (χ4n) is 4.26. The molecule has 1 amide bonds. The van der Waals surface area contributed by atoms with Crippen molar-refractivity contribution in [3.63, 3.8) is 0 Å². The Labute approximate surface area is 226 Å². The zero-order valence-electron chi connectivity index (χ0n) is 20.8. The number of aliphatic hydroxyl groups excluding tert-OH is 1. The van der Waals surface area contributed by atoms with Crippen molar-refractivity contribution in [2.75, 3.05) is 17.7 Å². The van der Waals surface area contributed by atoms with Crippen LogP contribution in [0.3, 0.4) is 0 Å². The minimum atomic E-state index is -1.11. The molecule has 2 N–H and O–H groups in total. The Morgan fingerprint density at radius 1 is 1.16 bits per heavy atom. The number of carbonyl (C=O) groups is 2. The van der Waals surface area contributed by atoms with Gasteiger partial charge in [0.25, 0.3) is 0 Å². The van der Waals surface area contributed by atoms with Crippen molar-refractivity contribution in [2.45, 2.75) is 49.9 Å². The first-order valence-electron chi connectivity index (χ1n) is 12.2. The fourth-order valence-corrected chi connectivity index (χ4v) is 5.47. The number of amides is 1. The number of hydrogen-bond acceptors (Lipinski definition) is 6. The Balaban J connectivity index is 1.47. The summed E-state index contributed by atoms with van der Waals surface area (Å²) in [5.41, 5.74) is 3.57. The van der Waals surface area contributed by atoms with Crippen LogP contribution in [0.25, 0.3) is 0 Å². The number of benzene rings is 3. The minimum absolute atomic E-state index is 0.169. The Bertz CT molecular complexity index is 1250. The molecule has 0 unspecified atom stereocenters. The molecule has 1 fully saturated rings. The van der Waals surface area contributed by atoms with Gasteiger partial charge in [0, 0.05) is 29.0 Å². The molecule has 0 aliphatic carbocycles. The van der Waals surface area contributed by atoms with Crippen LogP contribution in [-0.4, -0.2) is 41.4 Å². The van der Waals surface area contributed by atoms with Gasteiger partial charge in [-0.1, -0.05) is 48.0 Å². The van der Waals surface area contributed by atoms with E-state index in [1.807, 2.05) is 73.7 Å². The van der Waals surface area contributed by atoms with Crippen LogP contribution in [0.15, 0.2) is 71.6 Å². The third-order valence-corrected chi connectivity index (χ3v) is 7.58. The molecular formula is C29H30ClNO5S. The van der Waals surface area contributed by atoms with Gasteiger partial charge in [-0.05, 0) is 60.4 Å². The molecule has 3 atom stereocenters. The first kappa shape index (κ1) is 27.2. The maximum Gasteiger partial charge on any atom is 0.221 e. The predicted octanol–water partition coefficient (Wildman–Crippen LogP) is 5.84. The van der Waals surface area contributed by atoms with E-state index in [0.717, 1.165) is 27.3 Å². The van der Waals surface area contributed by atoms with Crippen molar-refractivity contribution < 1.29 is 24.2 Å². The highest BCUT2D eigenvalue weighted by Gasteiger charge is 2.37. The molecule has 0 bridgehead atoms. The molecule has 4 rings (SSSR count). The summed E-state index contributed by atoms with van der Waals surface area (Å²) in [6.07, 6.45) is -1.52. The van der Waals surface area contributed by atoms with Gasteiger partial charge in [-0.25, -0.2) is 0 Å². The number of ether oxygens (including phenoxy) is 2. The lowest BCUT2D eigenvalue weighted by Gasteiger charge is -2.32. The van der Waals surface area contributed by atoms with Crippen LogP contribution in [0.2, 0.25) is 5.02 Å². The smallest absolute Gasteiger partial charge is 0.221 e. The quantitative estimate of drug-likeness (QED) is 0.332. The van der Waals surface area contributed by atoms with Crippen LogP contribution in [0, 0.1) is 0 Å². The summed E-state index contributed by atoms with van der Waals surface area (Å²) >= 11 is 7.92. The summed E-state index contributed by atoms with van der Waals surface area (Å²) in [4.78, 5) is 25.1. The zero-order valence-corrected chi connectivity index (χ0v) is 22.4. The highest BCUT2D eigenvalue weighted by molar-refractivity contribution is 7.99. The van der Waals surface area contributed by atoms with Crippen LogP contribution in [0.5, 0.6) is 5.75 Å². The molecular weight excluding hydrogens is 510 g/mol. The second kappa shape index (κ2) is 12.6. The molecule has 8 heteroatoms. The molecule has 194 valence electrons. The van der Waals surface area contributed by atoms with Crippen molar-refractivity contribution in [1.29, 1.82) is 0 Å². The van der Waals surface area contributed by atoms with Gasteiger partial charge in [-0.2, -0.15) is 0 Å². The maximum atomic E-state index is 12.7. The summed E-state index contributed by atoms with van der Waals surface area (Å²) in [7, 11) is 0. The van der Waals surface area contributed by atoms with Crippen molar-refractivity contribution in [3.8, 4) is 5.75 Å². The average molecular weight is 540 g/mol. The topological polar surface area (TPSA) is 84.9 Å². The zero-order chi connectivity index (χ0) is 26.4. The van der Waals surface area contributed by atoms with Crippen molar-refractivity contribution in [3.05, 3.63) is 88.4 Å². The lowest BCUT2D eigenvalue weighted by Crippen LogP contribution is -2.43. The van der Waals surface area contributed by atoms with Crippen molar-refractivity contribution in [2.24, 2.45) is 0 Å². The molecule has 1 heterocycles. The van der Waals surface area contributed by atoms with E-state index < -0.39 is 18.3 Å². The van der Waals surface area contributed by atoms with Gasteiger partial charge >= 0.3 is 0 Å². The molecule has 1 saturated heterocycles. The molecule has 3 aromatic rings. The number of Topliss-reactive ketones (excluding diaryl/α,β-unsaturated/α-hetero) is 1. The van der Waals surface area contributed by atoms with Crippen LogP contribution < -0.4 is 10.1 Å². The monoisotopic (exact) mass is 539 g/mol. The van der Waals surface area contributed by atoms with E-state index in [1.54, 1.807) is 0 Å². The van der Waals surface area contributed by atoms with Gasteiger partial charge in [0.15, 0.2) is 5.78 Å². The average Bonchev–Trinajstić information content (AvgIpc) is 2.88. The predicted molar refractivity (Wildman–Crippen MR) is 147 cm³/mol. The summed E-state index contributed by atoms with van der Waals surface area (Å²) in [5.74, 6) is 0.640. The Morgan fingerprint density at radius 2 is 1.92 bits per heavy atom. The van der Waals surface area contributed by atoms with Gasteiger partial charge < -0.3 is 19.9 Å². The van der Waals surface area contributed by atoms with Crippen molar-refractivity contribution in [1.82, 2.24) is 0 Å². The SMILES string of the molecule is CCOc1ccc(Cc2cc([C@H]3C[C@@H](O)C(=O)[C@@H](CSc4ccccc4NC(C)=O)O3)ccc2Cl)cc1. The van der Waals surface area contributed by atoms with E-state index in [0.29, 0.717) is 29.5 Å². The van der Waals surface area contributed by atoms with Gasteiger partial charge in [-0.3, -0.25) is 9.59 Å². The summed E-state index contributed by atoms with van der Waals surface area (Å²) in [6.45, 7) is 4.02. The van der Waals surface area contributed by atoms with Crippen LogP contribution in [-0.2, 0) is 20.7 Å². The first-order chi connectivity index (χ1) is 17.8. The lowest BCUT2D eigenvalue weighted by atomic mass is 9.93. The Hall–Kier alpha value is -2.84. The van der Waals surface area contributed by atoms with Gasteiger partial charge in [0.05, 0.1) is 18.4 Å². The molecule has 1 aliphatic heterocycles. The summed E-state index contributed by atoms with van der Waals surface area (Å²) < 4.78 is 11.7. The van der Waals surface area contributed by atoms with E-state index in [-0.39, 0.29) is 18.1 Å². The van der Waals surface area contributed by atoms with Crippen LogP contribution in [0.4, 0.5) is 5.69 Å². The minimum Gasteiger partial charge on any atom is -0.494 e. The Morgan fingerprint density at radius 3 is 2.65 bits per heavy atom. The third kappa shape index (κ3) is 7.14. The second-order valence-corrected chi connectivity index (χ2v) is 10.3. The maximum absolute atomic E-state index is 12.7. The number of halogens is 1. The highest BCUT2D eigenvalue weighted by atomic mass is 35.5. The fraction of sp³-hybridized carbons (Fsp3) is 0.310. The molecule has 1 aliphatic rings. The standard InChI is InChI=1S/C29H30ClNO5S/c1-3-35-22-11-8-19(9-12-22)14-21-15-20(10-13-23(21)30)26-16-25(33)29(34)27(36-26)17-37-28-7-5-4-6-24(28)31-18(2)32/h4-13,15,25-27,33H,3,14,16-17H2,1-2H3,(H,31,32)/t25-,26-,27-/m1/s1. The van der Waals surface area contributed by atoms with E-state index in [4.69, 9.17) is 21.1 Å². The number of para-hydroxylation sites is 1. The number of rotatable bonds is 9.